The summed E-state index contributed by atoms with van der Waals surface area (Å²) >= 11 is 1.07. The molecule has 1 aliphatic heterocycles. The number of nitrogens with one attached hydrogen (secondary N) is 1. The second-order valence-electron chi connectivity index (χ2n) is 6.61. The molecule has 2 unspecified atom stereocenters. The van der Waals surface area contributed by atoms with Crippen LogP contribution in [0.3, 0.4) is 0 Å². The number of aliphatic hydroxyl groups excluding tert-OH is 2. The average Bonchev–Trinajstić information content (AvgIpc) is 2.99. The Morgan fingerprint density at radius 3 is 2.96 bits per heavy atom. The summed E-state index contributed by atoms with van der Waals surface area (Å²) in [6.45, 7) is 8.44. The van der Waals surface area contributed by atoms with E-state index in [2.05, 4.69) is 14.1 Å². The number of hydrogen-bond acceptors (Lipinski definition) is 9. The molecule has 3 N–H and O–H groups in total. The van der Waals surface area contributed by atoms with Gasteiger partial charge >= 0.3 is 0 Å². The van der Waals surface area contributed by atoms with Crippen LogP contribution >= 0.6 is 11.7 Å². The molecule has 0 aromatic carbocycles. The van der Waals surface area contributed by atoms with Gasteiger partial charge in [0.05, 0.1) is 31.0 Å². The first-order chi connectivity index (χ1) is 10.9. The lowest BCUT2D eigenvalue weighted by molar-refractivity contribution is 0.00318. The topological polar surface area (TPSA) is 100.0 Å². The number of aliphatic hydroxyl groups is 2. The number of rotatable bonds is 7. The molecule has 1 saturated heterocycles. The zero-order valence-corrected chi connectivity index (χ0v) is 14.7. The molecule has 0 spiro atoms. The quantitative estimate of drug-likeness (QED) is 0.627. The Morgan fingerprint density at radius 1 is 1.48 bits per heavy atom. The molecular formula is C14H26N4O4S. The van der Waals surface area contributed by atoms with Crippen molar-refractivity contribution in [1.82, 2.24) is 14.1 Å². The average molecular weight is 346 g/mol. The summed E-state index contributed by atoms with van der Waals surface area (Å²) < 4.78 is 19.5. The highest BCUT2D eigenvalue weighted by Gasteiger charge is 2.25. The molecule has 2 heterocycles. The fraction of sp³-hybridized carbons (Fsp3) is 0.857. The minimum Gasteiger partial charge on any atom is -0.472 e. The van der Waals surface area contributed by atoms with Gasteiger partial charge in [0.1, 0.15) is 12.7 Å². The van der Waals surface area contributed by atoms with Gasteiger partial charge in [-0.05, 0) is 20.8 Å². The molecule has 9 heteroatoms. The standard InChI is InChI=1S/C14H26N4O4S/c1-14(2,3)15-6-10(20)9-22-13-12(16-23-17-13)18-4-5-21-11(7-18)8-19/h10-11,15,19-20H,4-9H2,1-3H3. The van der Waals surface area contributed by atoms with Gasteiger partial charge in [0.25, 0.3) is 5.88 Å². The van der Waals surface area contributed by atoms with Gasteiger partial charge in [-0.3, -0.25) is 0 Å². The maximum atomic E-state index is 9.99. The van der Waals surface area contributed by atoms with Crippen LogP contribution in [0.4, 0.5) is 5.82 Å². The molecular weight excluding hydrogens is 320 g/mol. The zero-order valence-electron chi connectivity index (χ0n) is 13.9. The molecule has 0 radical (unpaired) electrons. The van der Waals surface area contributed by atoms with Gasteiger partial charge in [-0.2, -0.15) is 4.37 Å². The van der Waals surface area contributed by atoms with Crippen molar-refractivity contribution >= 4 is 17.5 Å². The van der Waals surface area contributed by atoms with Crippen LogP contribution in [0.15, 0.2) is 0 Å². The van der Waals surface area contributed by atoms with Crippen molar-refractivity contribution in [2.45, 2.75) is 38.5 Å². The van der Waals surface area contributed by atoms with E-state index >= 15 is 0 Å². The highest BCUT2D eigenvalue weighted by Crippen LogP contribution is 2.27. The normalized spacial score (nSPS) is 20.6. The van der Waals surface area contributed by atoms with E-state index in [1.54, 1.807) is 0 Å². The van der Waals surface area contributed by atoms with Crippen LogP contribution in [0.2, 0.25) is 0 Å². The smallest absolute Gasteiger partial charge is 0.270 e. The first kappa shape index (κ1) is 18.3. The van der Waals surface area contributed by atoms with Crippen LogP contribution in [0.25, 0.3) is 0 Å². The Bertz CT molecular complexity index is 480. The minimum atomic E-state index is -0.626. The molecule has 1 aromatic heterocycles. The Labute approximate surface area is 140 Å². The minimum absolute atomic E-state index is 0.0263. The van der Waals surface area contributed by atoms with Crippen LogP contribution in [-0.4, -0.2) is 76.2 Å². The van der Waals surface area contributed by atoms with Crippen molar-refractivity contribution in [2.24, 2.45) is 0 Å². The summed E-state index contributed by atoms with van der Waals surface area (Å²) in [6, 6.07) is 0. The summed E-state index contributed by atoms with van der Waals surface area (Å²) in [5.41, 5.74) is -0.0541. The third kappa shape index (κ3) is 5.85. The predicted octanol–water partition coefficient (Wildman–Crippen LogP) is -0.137. The number of anilines is 1. The molecule has 0 saturated carbocycles. The molecule has 2 atom stereocenters. The van der Waals surface area contributed by atoms with E-state index in [0.717, 1.165) is 11.7 Å². The maximum absolute atomic E-state index is 9.99. The molecule has 0 bridgehead atoms. The van der Waals surface area contributed by atoms with E-state index in [1.807, 2.05) is 25.7 Å². The highest BCUT2D eigenvalue weighted by molar-refractivity contribution is 6.99. The van der Waals surface area contributed by atoms with Crippen LogP contribution in [-0.2, 0) is 4.74 Å². The Morgan fingerprint density at radius 2 is 2.26 bits per heavy atom. The molecule has 2 rings (SSSR count). The van der Waals surface area contributed by atoms with Crippen LogP contribution < -0.4 is 15.0 Å². The van der Waals surface area contributed by atoms with Crippen molar-refractivity contribution in [3.05, 3.63) is 0 Å². The lowest BCUT2D eigenvalue weighted by Gasteiger charge is -2.32. The molecule has 0 aliphatic carbocycles. The van der Waals surface area contributed by atoms with Crippen molar-refractivity contribution in [2.75, 3.05) is 44.4 Å². The highest BCUT2D eigenvalue weighted by atomic mass is 32.1. The Hall–Kier alpha value is -1.00. The van der Waals surface area contributed by atoms with Gasteiger partial charge in [-0.1, -0.05) is 0 Å². The molecule has 1 fully saturated rings. The lowest BCUT2D eigenvalue weighted by Crippen LogP contribution is -2.44. The number of hydrogen-bond donors (Lipinski definition) is 3. The fourth-order valence-electron chi connectivity index (χ4n) is 2.14. The second-order valence-corrected chi connectivity index (χ2v) is 7.14. The third-order valence-electron chi connectivity index (χ3n) is 3.36. The monoisotopic (exact) mass is 346 g/mol. The molecule has 0 amide bonds. The number of nitrogens with zero attached hydrogens (tertiary/aromatic N) is 3. The van der Waals surface area contributed by atoms with Gasteiger partial charge in [0.15, 0.2) is 0 Å². The molecule has 23 heavy (non-hydrogen) atoms. The number of aromatic nitrogens is 2. The number of ether oxygens (including phenoxy) is 2. The Balaban J connectivity index is 1.86. The van der Waals surface area contributed by atoms with E-state index in [4.69, 9.17) is 9.47 Å². The van der Waals surface area contributed by atoms with Gasteiger partial charge in [0.2, 0.25) is 5.82 Å². The van der Waals surface area contributed by atoms with Crippen molar-refractivity contribution < 1.29 is 19.7 Å². The van der Waals surface area contributed by atoms with Crippen LogP contribution in [0, 0.1) is 0 Å². The Kier molecular flexibility index (Phi) is 6.54. The predicted molar refractivity (Wildman–Crippen MR) is 88.2 cm³/mol. The summed E-state index contributed by atoms with van der Waals surface area (Å²) in [7, 11) is 0. The van der Waals surface area contributed by atoms with Gasteiger partial charge in [-0.15, -0.1) is 4.37 Å². The van der Waals surface area contributed by atoms with Crippen molar-refractivity contribution in [3.63, 3.8) is 0 Å². The van der Waals surface area contributed by atoms with Crippen molar-refractivity contribution in [3.8, 4) is 5.88 Å². The van der Waals surface area contributed by atoms with E-state index < -0.39 is 6.10 Å². The van der Waals surface area contributed by atoms with E-state index in [0.29, 0.717) is 37.9 Å². The summed E-state index contributed by atoms with van der Waals surface area (Å²) in [5, 5.41) is 22.4. The van der Waals surface area contributed by atoms with Crippen LogP contribution in [0.5, 0.6) is 5.88 Å². The first-order valence-electron chi connectivity index (χ1n) is 7.75. The SMILES string of the molecule is CC(C)(C)NCC(O)COc1nsnc1N1CCOC(CO)C1. The molecule has 1 aromatic rings. The van der Waals surface area contributed by atoms with Crippen molar-refractivity contribution in [1.29, 1.82) is 0 Å². The van der Waals surface area contributed by atoms with Crippen LogP contribution in [0.1, 0.15) is 20.8 Å². The number of β-amino-alcohol motifs (C(OH)–C–C–N with tert-alkyl or cyclic N) is 1. The van der Waals surface area contributed by atoms with Gasteiger partial charge in [-0.25, -0.2) is 0 Å². The molecule has 8 nitrogen and oxygen atoms in total. The largest absolute Gasteiger partial charge is 0.472 e. The summed E-state index contributed by atoms with van der Waals surface area (Å²) in [5.74, 6) is 1.07. The molecule has 132 valence electrons. The second kappa shape index (κ2) is 8.20. The first-order valence-corrected chi connectivity index (χ1v) is 8.48. The third-order valence-corrected chi connectivity index (χ3v) is 3.87. The van der Waals surface area contributed by atoms with E-state index in [1.165, 1.54) is 0 Å². The summed E-state index contributed by atoms with van der Waals surface area (Å²) in [6.07, 6.45) is -0.849. The van der Waals surface area contributed by atoms with Gasteiger partial charge in [0, 0.05) is 25.2 Å². The maximum Gasteiger partial charge on any atom is 0.270 e. The zero-order chi connectivity index (χ0) is 16.9. The molecule has 1 aliphatic rings. The lowest BCUT2D eigenvalue weighted by atomic mass is 10.1. The summed E-state index contributed by atoms with van der Waals surface area (Å²) in [4.78, 5) is 1.99. The van der Waals surface area contributed by atoms with Gasteiger partial charge < -0.3 is 29.9 Å². The fourth-order valence-corrected chi connectivity index (χ4v) is 2.66. The van der Waals surface area contributed by atoms with E-state index in [9.17, 15) is 10.2 Å². The van der Waals surface area contributed by atoms with E-state index in [-0.39, 0.29) is 24.9 Å². The number of morpholine rings is 1.